The molecule has 1 aliphatic heterocycles. The smallest absolute Gasteiger partial charge is 0.191 e. The van der Waals surface area contributed by atoms with Gasteiger partial charge < -0.3 is 24.8 Å². The number of aliphatic imine (C=N–C) groups is 1. The number of morpholine rings is 1. The summed E-state index contributed by atoms with van der Waals surface area (Å²) >= 11 is 0. The second-order valence-electron chi connectivity index (χ2n) is 7.10. The molecule has 0 bridgehead atoms. The van der Waals surface area contributed by atoms with Crippen LogP contribution in [-0.2, 0) is 11.3 Å². The van der Waals surface area contributed by atoms with Gasteiger partial charge in [0, 0.05) is 33.2 Å². The van der Waals surface area contributed by atoms with Crippen molar-refractivity contribution in [2.75, 3.05) is 54.1 Å². The van der Waals surface area contributed by atoms with E-state index >= 15 is 0 Å². The molecule has 0 aliphatic carbocycles. The summed E-state index contributed by atoms with van der Waals surface area (Å²) in [6.45, 7) is 4.75. The molecule has 3 rings (SSSR count). The largest absolute Gasteiger partial charge is 0.497 e. The molecule has 1 fully saturated rings. The van der Waals surface area contributed by atoms with Gasteiger partial charge in [0.2, 0.25) is 0 Å². The van der Waals surface area contributed by atoms with Gasteiger partial charge in [0.25, 0.3) is 0 Å². The van der Waals surface area contributed by atoms with Gasteiger partial charge in [-0.15, -0.1) is 0 Å². The Morgan fingerprint density at radius 2 is 1.77 bits per heavy atom. The normalized spacial score (nSPS) is 16.0. The van der Waals surface area contributed by atoms with E-state index in [1.165, 1.54) is 5.56 Å². The predicted molar refractivity (Wildman–Crippen MR) is 119 cm³/mol. The van der Waals surface area contributed by atoms with Crippen LogP contribution in [-0.4, -0.2) is 65.0 Å². The van der Waals surface area contributed by atoms with Crippen molar-refractivity contribution < 1.29 is 14.2 Å². The van der Waals surface area contributed by atoms with Crippen LogP contribution in [0.5, 0.6) is 11.5 Å². The highest BCUT2D eigenvalue weighted by atomic mass is 16.5. The van der Waals surface area contributed by atoms with E-state index in [0.29, 0.717) is 6.54 Å². The van der Waals surface area contributed by atoms with Crippen molar-refractivity contribution in [1.29, 1.82) is 0 Å². The molecule has 1 atom stereocenters. The molecule has 1 unspecified atom stereocenters. The number of nitrogens with one attached hydrogen (secondary N) is 2. The molecule has 0 aromatic heterocycles. The first-order chi connectivity index (χ1) is 14.7. The zero-order valence-electron chi connectivity index (χ0n) is 18.1. The fraction of sp³-hybridized carbons (Fsp3) is 0.435. The second-order valence-corrected chi connectivity index (χ2v) is 7.10. The van der Waals surface area contributed by atoms with Gasteiger partial charge >= 0.3 is 0 Å². The molecule has 0 radical (unpaired) electrons. The van der Waals surface area contributed by atoms with E-state index in [2.05, 4.69) is 38.7 Å². The molecule has 2 aromatic carbocycles. The zero-order chi connectivity index (χ0) is 21.2. The fourth-order valence-electron chi connectivity index (χ4n) is 3.56. The Balaban J connectivity index is 1.63. The van der Waals surface area contributed by atoms with E-state index < -0.39 is 0 Å². The van der Waals surface area contributed by atoms with Crippen LogP contribution in [0.3, 0.4) is 0 Å². The first-order valence-corrected chi connectivity index (χ1v) is 10.3. The van der Waals surface area contributed by atoms with Crippen LogP contribution in [0.4, 0.5) is 0 Å². The molecular formula is C23H32N4O3. The van der Waals surface area contributed by atoms with E-state index in [1.807, 2.05) is 30.3 Å². The first-order valence-electron chi connectivity index (χ1n) is 10.3. The van der Waals surface area contributed by atoms with Gasteiger partial charge in [-0.05, 0) is 35.4 Å². The molecule has 30 heavy (non-hydrogen) atoms. The van der Waals surface area contributed by atoms with E-state index in [-0.39, 0.29) is 6.04 Å². The first kappa shape index (κ1) is 21.9. The van der Waals surface area contributed by atoms with E-state index in [1.54, 1.807) is 21.3 Å². The van der Waals surface area contributed by atoms with Crippen molar-refractivity contribution in [3.05, 3.63) is 59.7 Å². The van der Waals surface area contributed by atoms with Gasteiger partial charge in [0.1, 0.15) is 11.5 Å². The summed E-state index contributed by atoms with van der Waals surface area (Å²) < 4.78 is 16.2. The third-order valence-corrected chi connectivity index (χ3v) is 5.27. The number of benzene rings is 2. The molecule has 0 spiro atoms. The van der Waals surface area contributed by atoms with Gasteiger partial charge in [-0.1, -0.05) is 24.3 Å². The van der Waals surface area contributed by atoms with Crippen molar-refractivity contribution in [2.45, 2.75) is 12.6 Å². The number of nitrogens with zero attached hydrogens (tertiary/aromatic N) is 2. The van der Waals surface area contributed by atoms with Crippen LogP contribution in [0.15, 0.2) is 53.5 Å². The average Bonchev–Trinajstić information content (AvgIpc) is 2.82. The van der Waals surface area contributed by atoms with Crippen molar-refractivity contribution in [3.63, 3.8) is 0 Å². The Morgan fingerprint density at radius 3 is 2.43 bits per heavy atom. The maximum atomic E-state index is 5.55. The maximum absolute atomic E-state index is 5.55. The molecule has 2 aromatic rings. The summed E-state index contributed by atoms with van der Waals surface area (Å²) in [6, 6.07) is 16.5. The molecule has 2 N–H and O–H groups in total. The van der Waals surface area contributed by atoms with Crippen LogP contribution in [0.25, 0.3) is 0 Å². The Labute approximate surface area is 179 Å². The minimum absolute atomic E-state index is 0.218. The Bertz CT molecular complexity index is 804. The van der Waals surface area contributed by atoms with Crippen molar-refractivity contribution >= 4 is 5.96 Å². The number of ether oxygens (including phenoxy) is 3. The molecule has 7 heteroatoms. The minimum Gasteiger partial charge on any atom is -0.497 e. The number of guanidine groups is 1. The van der Waals surface area contributed by atoms with Crippen LogP contribution in [0.2, 0.25) is 0 Å². The van der Waals surface area contributed by atoms with Gasteiger partial charge in [-0.2, -0.15) is 0 Å². The third kappa shape index (κ3) is 6.11. The lowest BCUT2D eigenvalue weighted by Gasteiger charge is -2.35. The molecule has 0 saturated carbocycles. The molecule has 162 valence electrons. The summed E-state index contributed by atoms with van der Waals surface area (Å²) in [4.78, 5) is 6.84. The Kier molecular flexibility index (Phi) is 8.35. The maximum Gasteiger partial charge on any atom is 0.191 e. The number of hydrogen-bond donors (Lipinski definition) is 2. The number of methoxy groups -OCH3 is 2. The van der Waals surface area contributed by atoms with Crippen molar-refractivity contribution in [3.8, 4) is 11.5 Å². The molecule has 1 aliphatic rings. The highest BCUT2D eigenvalue weighted by Crippen LogP contribution is 2.23. The van der Waals surface area contributed by atoms with Crippen LogP contribution in [0.1, 0.15) is 17.2 Å². The summed E-state index contributed by atoms with van der Waals surface area (Å²) in [7, 11) is 5.16. The summed E-state index contributed by atoms with van der Waals surface area (Å²) in [5, 5.41) is 6.87. The lowest BCUT2D eigenvalue weighted by atomic mass is 10.0. The molecule has 1 saturated heterocycles. The Hall–Kier alpha value is -2.77. The topological polar surface area (TPSA) is 67.4 Å². The summed E-state index contributed by atoms with van der Waals surface area (Å²) in [5.41, 5.74) is 2.38. The lowest BCUT2D eigenvalue weighted by molar-refractivity contribution is 0.0170. The van der Waals surface area contributed by atoms with Gasteiger partial charge in [-0.3, -0.25) is 9.89 Å². The minimum atomic E-state index is 0.218. The van der Waals surface area contributed by atoms with E-state index in [0.717, 1.165) is 55.9 Å². The highest BCUT2D eigenvalue weighted by molar-refractivity contribution is 5.79. The van der Waals surface area contributed by atoms with Crippen LogP contribution < -0.4 is 20.1 Å². The van der Waals surface area contributed by atoms with Gasteiger partial charge in [-0.25, -0.2) is 0 Å². The zero-order valence-corrected chi connectivity index (χ0v) is 18.1. The molecule has 0 amide bonds. The highest BCUT2D eigenvalue weighted by Gasteiger charge is 2.23. The third-order valence-electron chi connectivity index (χ3n) is 5.27. The van der Waals surface area contributed by atoms with Gasteiger partial charge in [0.15, 0.2) is 5.96 Å². The quantitative estimate of drug-likeness (QED) is 0.513. The monoisotopic (exact) mass is 412 g/mol. The van der Waals surface area contributed by atoms with Gasteiger partial charge in [0.05, 0.1) is 33.5 Å². The number of hydrogen-bond acceptors (Lipinski definition) is 5. The average molecular weight is 413 g/mol. The molecular weight excluding hydrogens is 380 g/mol. The van der Waals surface area contributed by atoms with Crippen molar-refractivity contribution in [1.82, 2.24) is 15.5 Å². The fourth-order valence-corrected chi connectivity index (χ4v) is 3.56. The van der Waals surface area contributed by atoms with E-state index in [9.17, 15) is 0 Å². The lowest BCUT2D eigenvalue weighted by Crippen LogP contribution is -2.46. The summed E-state index contributed by atoms with van der Waals surface area (Å²) in [5.74, 6) is 2.48. The van der Waals surface area contributed by atoms with E-state index in [4.69, 9.17) is 14.2 Å². The van der Waals surface area contributed by atoms with Crippen LogP contribution >= 0.6 is 0 Å². The number of rotatable bonds is 8. The van der Waals surface area contributed by atoms with Crippen LogP contribution in [0, 0.1) is 0 Å². The predicted octanol–water partition coefficient (Wildman–Crippen LogP) is 2.44. The standard InChI is InChI=1S/C23H32N4O3/c1-24-23(25-16-18-5-4-6-21(15-18)29-3)26-17-22(27-11-13-30-14-12-27)19-7-9-20(28-2)10-8-19/h4-10,15,22H,11-14,16-17H2,1-3H3,(H2,24,25,26). The second kappa shape index (κ2) is 11.4. The SMILES string of the molecule is CN=C(NCc1cccc(OC)c1)NCC(c1ccc(OC)cc1)N1CCOCC1. The van der Waals surface area contributed by atoms with Crippen molar-refractivity contribution in [2.24, 2.45) is 4.99 Å². The summed E-state index contributed by atoms with van der Waals surface area (Å²) in [6.07, 6.45) is 0. The Morgan fingerprint density at radius 1 is 1.03 bits per heavy atom. The molecule has 7 nitrogen and oxygen atoms in total. The molecule has 1 heterocycles.